The first-order valence-electron chi connectivity index (χ1n) is 8.76. The van der Waals surface area contributed by atoms with Crippen molar-refractivity contribution in [1.82, 2.24) is 20.1 Å². The molecule has 28 heavy (non-hydrogen) atoms. The van der Waals surface area contributed by atoms with Gasteiger partial charge in [-0.25, -0.2) is 5.10 Å². The van der Waals surface area contributed by atoms with Crippen LogP contribution in [0.1, 0.15) is 33.4 Å². The third-order valence-electron chi connectivity index (χ3n) is 4.98. The van der Waals surface area contributed by atoms with Gasteiger partial charge in [0.15, 0.2) is 0 Å². The average molecular weight is 377 g/mol. The fourth-order valence-electron chi connectivity index (χ4n) is 3.63. The molecule has 0 saturated carbocycles. The number of ether oxygens (including phenoxy) is 1. The largest absolute Gasteiger partial charge is 0.497 e. The highest BCUT2D eigenvalue weighted by Gasteiger charge is 2.42. The van der Waals surface area contributed by atoms with Crippen molar-refractivity contribution in [1.29, 1.82) is 0 Å². The number of nitrogens with zero attached hydrogens (tertiary/aromatic N) is 3. The van der Waals surface area contributed by atoms with Crippen LogP contribution >= 0.6 is 0 Å². The van der Waals surface area contributed by atoms with E-state index in [0.29, 0.717) is 16.9 Å². The SMILES string of the molecule is COc1ccc([C@H]2[C@@H](C(=O)Nc3ncn[nH]3)c3ccccc3C(=O)N2C)cc1. The van der Waals surface area contributed by atoms with E-state index in [4.69, 9.17) is 4.74 Å². The Balaban J connectivity index is 1.80. The van der Waals surface area contributed by atoms with Gasteiger partial charge in [0.1, 0.15) is 12.1 Å². The van der Waals surface area contributed by atoms with Gasteiger partial charge in [0, 0.05) is 12.6 Å². The van der Waals surface area contributed by atoms with Gasteiger partial charge in [-0.3, -0.25) is 14.9 Å². The predicted octanol–water partition coefficient (Wildman–Crippen LogP) is 2.36. The van der Waals surface area contributed by atoms with Crippen molar-refractivity contribution in [2.75, 3.05) is 19.5 Å². The topological polar surface area (TPSA) is 100 Å². The van der Waals surface area contributed by atoms with Crippen LogP contribution in [-0.4, -0.2) is 46.1 Å². The number of aromatic amines is 1. The summed E-state index contributed by atoms with van der Waals surface area (Å²) in [6, 6.07) is 14.1. The molecule has 2 aromatic carbocycles. The molecule has 8 nitrogen and oxygen atoms in total. The predicted molar refractivity (Wildman–Crippen MR) is 102 cm³/mol. The first-order chi connectivity index (χ1) is 13.6. The number of fused-ring (bicyclic) bond motifs is 1. The molecule has 1 aliphatic rings. The van der Waals surface area contributed by atoms with E-state index < -0.39 is 12.0 Å². The molecule has 0 spiro atoms. The van der Waals surface area contributed by atoms with Gasteiger partial charge in [0.2, 0.25) is 11.9 Å². The lowest BCUT2D eigenvalue weighted by atomic mass is 9.79. The Bertz CT molecular complexity index is 1000. The van der Waals surface area contributed by atoms with Crippen molar-refractivity contribution in [2.45, 2.75) is 12.0 Å². The van der Waals surface area contributed by atoms with Crippen LogP contribution in [0.4, 0.5) is 5.95 Å². The fourth-order valence-corrected chi connectivity index (χ4v) is 3.63. The Morgan fingerprint density at radius 3 is 2.61 bits per heavy atom. The first kappa shape index (κ1) is 17.7. The molecule has 0 radical (unpaired) electrons. The zero-order valence-electron chi connectivity index (χ0n) is 15.4. The number of hydrogen-bond donors (Lipinski definition) is 2. The fraction of sp³-hybridized carbons (Fsp3) is 0.200. The first-order valence-corrected chi connectivity index (χ1v) is 8.76. The van der Waals surface area contributed by atoms with Gasteiger partial charge in [-0.2, -0.15) is 10.1 Å². The number of nitrogens with one attached hydrogen (secondary N) is 2. The molecule has 1 aliphatic heterocycles. The van der Waals surface area contributed by atoms with Crippen LogP contribution in [0.3, 0.4) is 0 Å². The zero-order valence-corrected chi connectivity index (χ0v) is 15.4. The van der Waals surface area contributed by atoms with Crippen LogP contribution in [0.25, 0.3) is 0 Å². The summed E-state index contributed by atoms with van der Waals surface area (Å²) in [5.41, 5.74) is 2.04. The monoisotopic (exact) mass is 377 g/mol. The second-order valence-electron chi connectivity index (χ2n) is 6.52. The third kappa shape index (κ3) is 2.98. The molecule has 3 aromatic rings. The van der Waals surface area contributed by atoms with E-state index in [9.17, 15) is 9.59 Å². The van der Waals surface area contributed by atoms with E-state index in [1.165, 1.54) is 6.33 Å². The summed E-state index contributed by atoms with van der Waals surface area (Å²) in [5.74, 6) is -0.0472. The number of H-pyrrole nitrogens is 1. The van der Waals surface area contributed by atoms with Crippen LogP contribution in [0.5, 0.6) is 5.75 Å². The van der Waals surface area contributed by atoms with Gasteiger partial charge < -0.3 is 9.64 Å². The minimum atomic E-state index is -0.614. The van der Waals surface area contributed by atoms with Gasteiger partial charge in [-0.15, -0.1) is 0 Å². The third-order valence-corrected chi connectivity index (χ3v) is 4.98. The summed E-state index contributed by atoms with van der Waals surface area (Å²) in [6.45, 7) is 0. The number of benzene rings is 2. The number of carbonyl (C=O) groups is 2. The Kier molecular flexibility index (Phi) is 4.52. The Hall–Kier alpha value is -3.68. The lowest BCUT2D eigenvalue weighted by Gasteiger charge is -2.39. The number of methoxy groups -OCH3 is 1. The maximum Gasteiger partial charge on any atom is 0.254 e. The smallest absolute Gasteiger partial charge is 0.254 e. The van der Waals surface area contributed by atoms with Crippen molar-refractivity contribution in [3.63, 3.8) is 0 Å². The van der Waals surface area contributed by atoms with Crippen molar-refractivity contribution < 1.29 is 14.3 Å². The average Bonchev–Trinajstić information content (AvgIpc) is 3.23. The van der Waals surface area contributed by atoms with E-state index in [1.807, 2.05) is 36.4 Å². The van der Waals surface area contributed by atoms with Crippen molar-refractivity contribution in [3.8, 4) is 5.75 Å². The van der Waals surface area contributed by atoms with Gasteiger partial charge in [0.05, 0.1) is 19.1 Å². The molecule has 2 amide bonds. The van der Waals surface area contributed by atoms with Gasteiger partial charge in [0.25, 0.3) is 5.91 Å². The van der Waals surface area contributed by atoms with Crippen LogP contribution < -0.4 is 10.1 Å². The highest BCUT2D eigenvalue weighted by Crippen LogP contribution is 2.42. The summed E-state index contributed by atoms with van der Waals surface area (Å²) < 4.78 is 5.23. The summed E-state index contributed by atoms with van der Waals surface area (Å²) in [5, 5.41) is 9.15. The molecule has 0 aliphatic carbocycles. The minimum Gasteiger partial charge on any atom is -0.497 e. The number of hydrogen-bond acceptors (Lipinski definition) is 5. The molecule has 0 fully saturated rings. The van der Waals surface area contributed by atoms with E-state index in [-0.39, 0.29) is 17.8 Å². The maximum atomic E-state index is 13.2. The molecule has 1 aromatic heterocycles. The second kappa shape index (κ2) is 7.15. The highest BCUT2D eigenvalue weighted by molar-refractivity contribution is 6.03. The van der Waals surface area contributed by atoms with Crippen LogP contribution in [-0.2, 0) is 4.79 Å². The lowest BCUT2D eigenvalue weighted by Crippen LogP contribution is -2.44. The molecule has 0 unspecified atom stereocenters. The Morgan fingerprint density at radius 2 is 1.93 bits per heavy atom. The van der Waals surface area contributed by atoms with Crippen LogP contribution in [0.2, 0.25) is 0 Å². The summed E-state index contributed by atoms with van der Waals surface area (Å²) >= 11 is 0. The van der Waals surface area contributed by atoms with Gasteiger partial charge in [-0.1, -0.05) is 30.3 Å². The van der Waals surface area contributed by atoms with Gasteiger partial charge >= 0.3 is 0 Å². The number of amides is 2. The number of likely N-dealkylation sites (N-methyl/N-ethyl adjacent to an activating group) is 1. The van der Waals surface area contributed by atoms with Crippen molar-refractivity contribution in [2.24, 2.45) is 0 Å². The van der Waals surface area contributed by atoms with Crippen LogP contribution in [0.15, 0.2) is 54.9 Å². The molecule has 2 N–H and O–H groups in total. The van der Waals surface area contributed by atoms with Crippen LogP contribution in [0, 0.1) is 0 Å². The summed E-state index contributed by atoms with van der Waals surface area (Å²) in [4.78, 5) is 31.7. The van der Waals surface area contributed by atoms with E-state index >= 15 is 0 Å². The molecular weight excluding hydrogens is 358 g/mol. The number of carbonyl (C=O) groups excluding carboxylic acids is 2. The molecule has 0 bridgehead atoms. The van der Waals surface area contributed by atoms with E-state index in [2.05, 4.69) is 20.5 Å². The highest BCUT2D eigenvalue weighted by atomic mass is 16.5. The number of anilines is 1. The second-order valence-corrected chi connectivity index (χ2v) is 6.52. The zero-order chi connectivity index (χ0) is 19.7. The van der Waals surface area contributed by atoms with Crippen molar-refractivity contribution in [3.05, 3.63) is 71.5 Å². The minimum absolute atomic E-state index is 0.125. The molecule has 4 rings (SSSR count). The molecule has 2 atom stereocenters. The Morgan fingerprint density at radius 1 is 1.18 bits per heavy atom. The lowest BCUT2D eigenvalue weighted by molar-refractivity contribution is -0.119. The maximum absolute atomic E-state index is 13.2. The molecule has 0 saturated heterocycles. The quantitative estimate of drug-likeness (QED) is 0.727. The molecular formula is C20H19N5O3. The molecule has 142 valence electrons. The number of rotatable bonds is 4. The molecule has 2 heterocycles. The summed E-state index contributed by atoms with van der Waals surface area (Å²) in [6.07, 6.45) is 1.32. The van der Waals surface area contributed by atoms with Crippen molar-refractivity contribution >= 4 is 17.8 Å². The van der Waals surface area contributed by atoms with Gasteiger partial charge in [-0.05, 0) is 29.3 Å². The van der Waals surface area contributed by atoms with E-state index in [0.717, 1.165) is 5.56 Å². The number of aromatic nitrogens is 3. The van der Waals surface area contributed by atoms with E-state index in [1.54, 1.807) is 31.2 Å². The normalized spacial score (nSPS) is 18.5. The Labute approximate surface area is 161 Å². The molecule has 8 heteroatoms. The standard InChI is InChI=1S/C20H19N5O3/c1-25-17(12-7-9-13(28-2)10-8-12)16(18(26)23-20-21-11-22-24-20)14-5-3-4-6-15(14)19(25)27/h3-11,16-17H,1-2H3,(H2,21,22,23,24,26)/t16-,17-/m0/s1. The summed E-state index contributed by atoms with van der Waals surface area (Å²) in [7, 11) is 3.30.